The van der Waals surface area contributed by atoms with E-state index in [1.54, 1.807) is 0 Å². The van der Waals surface area contributed by atoms with E-state index in [0.29, 0.717) is 13.1 Å². The van der Waals surface area contributed by atoms with Crippen molar-refractivity contribution in [1.82, 2.24) is 10.2 Å². The molecular formula is C22H26N3O2+. The van der Waals surface area contributed by atoms with Gasteiger partial charge < -0.3 is 10.2 Å². The van der Waals surface area contributed by atoms with Crippen LogP contribution in [0.15, 0.2) is 54.6 Å². The van der Waals surface area contributed by atoms with Gasteiger partial charge >= 0.3 is 6.03 Å². The number of benzene rings is 2. The zero-order valence-electron chi connectivity index (χ0n) is 15.7. The molecule has 1 saturated heterocycles. The molecule has 4 rings (SSSR count). The lowest BCUT2D eigenvalue weighted by Gasteiger charge is -2.28. The summed E-state index contributed by atoms with van der Waals surface area (Å²) in [5, 5.41) is 2.93. The number of carbonyl (C=O) groups is 2. The van der Waals surface area contributed by atoms with Crippen molar-refractivity contribution in [3.8, 4) is 0 Å². The van der Waals surface area contributed by atoms with E-state index in [9.17, 15) is 9.59 Å². The second kappa shape index (κ2) is 7.16. The van der Waals surface area contributed by atoms with E-state index in [1.165, 1.54) is 26.5 Å². The Kier molecular flexibility index (Phi) is 4.70. The number of quaternary nitrogens is 1. The Labute approximate surface area is 160 Å². The fourth-order valence-corrected chi connectivity index (χ4v) is 4.10. The molecule has 2 aromatic rings. The summed E-state index contributed by atoms with van der Waals surface area (Å²) < 4.78 is 0. The van der Waals surface area contributed by atoms with Gasteiger partial charge in [0.15, 0.2) is 6.67 Å². The molecule has 0 saturated carbocycles. The van der Waals surface area contributed by atoms with Gasteiger partial charge in [0.05, 0.1) is 6.54 Å². The molecule has 2 aromatic carbocycles. The Hall–Kier alpha value is -2.66. The van der Waals surface area contributed by atoms with Gasteiger partial charge in [-0.1, -0.05) is 54.6 Å². The Morgan fingerprint density at radius 3 is 2.52 bits per heavy atom. The van der Waals surface area contributed by atoms with E-state index < -0.39 is 5.54 Å². The van der Waals surface area contributed by atoms with Gasteiger partial charge in [0.1, 0.15) is 12.1 Å². The number of imide groups is 1. The van der Waals surface area contributed by atoms with Crippen molar-refractivity contribution < 1.29 is 14.5 Å². The predicted molar refractivity (Wildman–Crippen MR) is 103 cm³/mol. The number of carbonyl (C=O) groups excluding carboxylic acids is 2. The maximum Gasteiger partial charge on any atom is 0.329 e. The third kappa shape index (κ3) is 3.60. The van der Waals surface area contributed by atoms with E-state index in [2.05, 4.69) is 41.7 Å². The average Bonchev–Trinajstić information content (AvgIpc) is 2.91. The molecule has 5 heteroatoms. The minimum absolute atomic E-state index is 0.102. The van der Waals surface area contributed by atoms with Crippen LogP contribution in [0, 0.1) is 0 Å². The molecule has 0 spiro atoms. The number of rotatable bonds is 5. The SMILES string of the molecule is C[C@]1(CCc2ccccc2)NC(=O)N(C[NH+]2CCc3ccccc3C2)C1=O. The quantitative estimate of drug-likeness (QED) is 0.791. The van der Waals surface area contributed by atoms with E-state index in [-0.39, 0.29) is 11.9 Å². The maximum absolute atomic E-state index is 13.0. The van der Waals surface area contributed by atoms with Crippen molar-refractivity contribution in [2.45, 2.75) is 38.3 Å². The molecule has 5 nitrogen and oxygen atoms in total. The van der Waals surface area contributed by atoms with Gasteiger partial charge in [0, 0.05) is 12.0 Å². The molecule has 0 bridgehead atoms. The van der Waals surface area contributed by atoms with Crippen molar-refractivity contribution in [3.63, 3.8) is 0 Å². The molecule has 140 valence electrons. The Bertz CT molecular complexity index is 852. The molecule has 2 aliphatic rings. The number of fused-ring (bicyclic) bond motifs is 1. The normalized spacial score (nSPS) is 24.6. The fourth-order valence-electron chi connectivity index (χ4n) is 4.10. The summed E-state index contributed by atoms with van der Waals surface area (Å²) in [6.45, 7) is 4.07. The van der Waals surface area contributed by atoms with Crippen LogP contribution in [-0.2, 0) is 24.2 Å². The molecule has 0 aliphatic carbocycles. The average molecular weight is 364 g/mol. The van der Waals surface area contributed by atoms with Gasteiger partial charge in [0.2, 0.25) is 0 Å². The second-order valence-corrected chi connectivity index (χ2v) is 7.83. The summed E-state index contributed by atoms with van der Waals surface area (Å²) in [7, 11) is 0. The van der Waals surface area contributed by atoms with Gasteiger partial charge in [-0.2, -0.15) is 0 Å². The van der Waals surface area contributed by atoms with E-state index in [1.807, 2.05) is 25.1 Å². The zero-order valence-corrected chi connectivity index (χ0v) is 15.7. The molecular weight excluding hydrogens is 338 g/mol. The van der Waals surface area contributed by atoms with Gasteiger partial charge in [0.25, 0.3) is 5.91 Å². The molecule has 1 unspecified atom stereocenters. The highest BCUT2D eigenvalue weighted by molar-refractivity contribution is 6.06. The number of nitrogens with one attached hydrogen (secondary N) is 2. The van der Waals surface area contributed by atoms with Gasteiger partial charge in [-0.25, -0.2) is 9.69 Å². The van der Waals surface area contributed by atoms with Crippen LogP contribution < -0.4 is 10.2 Å². The van der Waals surface area contributed by atoms with Crippen LogP contribution in [0.4, 0.5) is 4.79 Å². The third-order valence-corrected chi connectivity index (χ3v) is 5.79. The number of aryl methyl sites for hydroxylation is 1. The summed E-state index contributed by atoms with van der Waals surface area (Å²) in [6, 6.07) is 18.2. The highest BCUT2D eigenvalue weighted by Gasteiger charge is 2.48. The number of nitrogens with zero attached hydrogens (tertiary/aromatic N) is 1. The molecule has 2 heterocycles. The van der Waals surface area contributed by atoms with E-state index in [0.717, 1.165) is 25.9 Å². The first kappa shape index (κ1) is 17.7. The minimum Gasteiger partial charge on any atom is -0.323 e. The fraction of sp³-hybridized carbons (Fsp3) is 0.364. The maximum atomic E-state index is 13.0. The van der Waals surface area contributed by atoms with Crippen LogP contribution in [0.1, 0.15) is 30.0 Å². The number of hydrogen-bond acceptors (Lipinski definition) is 2. The number of amides is 3. The van der Waals surface area contributed by atoms with Crippen molar-refractivity contribution in [1.29, 1.82) is 0 Å². The topological polar surface area (TPSA) is 53.9 Å². The summed E-state index contributed by atoms with van der Waals surface area (Å²) >= 11 is 0. The monoisotopic (exact) mass is 364 g/mol. The van der Waals surface area contributed by atoms with Gasteiger partial charge in [-0.05, 0) is 30.9 Å². The molecule has 2 N–H and O–H groups in total. The molecule has 2 atom stereocenters. The molecule has 0 aromatic heterocycles. The predicted octanol–water partition coefficient (Wildman–Crippen LogP) is 1.53. The molecule has 1 fully saturated rings. The first-order chi connectivity index (χ1) is 13.0. The molecule has 3 amide bonds. The summed E-state index contributed by atoms with van der Waals surface area (Å²) in [4.78, 5) is 28.2. The third-order valence-electron chi connectivity index (χ3n) is 5.79. The van der Waals surface area contributed by atoms with Crippen LogP contribution in [0.25, 0.3) is 0 Å². The van der Waals surface area contributed by atoms with Crippen LogP contribution in [0.2, 0.25) is 0 Å². The first-order valence-corrected chi connectivity index (χ1v) is 9.63. The zero-order chi connectivity index (χ0) is 18.9. The van der Waals surface area contributed by atoms with Crippen molar-refractivity contribution in [2.75, 3.05) is 13.2 Å². The first-order valence-electron chi connectivity index (χ1n) is 9.63. The van der Waals surface area contributed by atoms with E-state index >= 15 is 0 Å². The smallest absolute Gasteiger partial charge is 0.323 e. The second-order valence-electron chi connectivity index (χ2n) is 7.83. The van der Waals surface area contributed by atoms with Crippen LogP contribution in [0.5, 0.6) is 0 Å². The Morgan fingerprint density at radius 1 is 1.04 bits per heavy atom. The highest BCUT2D eigenvalue weighted by Crippen LogP contribution is 2.23. The van der Waals surface area contributed by atoms with Crippen molar-refractivity contribution in [2.24, 2.45) is 0 Å². The lowest BCUT2D eigenvalue weighted by atomic mass is 9.93. The van der Waals surface area contributed by atoms with Crippen molar-refractivity contribution >= 4 is 11.9 Å². The number of urea groups is 1. The van der Waals surface area contributed by atoms with Crippen LogP contribution in [0.3, 0.4) is 0 Å². The number of hydrogen-bond donors (Lipinski definition) is 2. The lowest BCUT2D eigenvalue weighted by molar-refractivity contribution is -0.923. The Morgan fingerprint density at radius 2 is 1.74 bits per heavy atom. The van der Waals surface area contributed by atoms with Crippen LogP contribution in [-0.4, -0.2) is 35.6 Å². The standard InChI is InChI=1S/C22H25N3O2/c1-22(13-11-17-7-3-2-4-8-17)20(26)25(21(27)23-22)16-24-14-12-18-9-5-6-10-19(18)15-24/h2-10H,11-16H2,1H3,(H,23,27)/p+1/t22-/m1/s1. The minimum atomic E-state index is -0.819. The van der Waals surface area contributed by atoms with Gasteiger partial charge in [-0.15, -0.1) is 0 Å². The van der Waals surface area contributed by atoms with E-state index in [4.69, 9.17) is 0 Å². The van der Waals surface area contributed by atoms with Crippen LogP contribution >= 0.6 is 0 Å². The largest absolute Gasteiger partial charge is 0.329 e. The summed E-state index contributed by atoms with van der Waals surface area (Å²) in [6.07, 6.45) is 2.36. The Balaban J connectivity index is 1.41. The van der Waals surface area contributed by atoms with Gasteiger partial charge in [-0.3, -0.25) is 4.79 Å². The lowest BCUT2D eigenvalue weighted by Crippen LogP contribution is -3.13. The summed E-state index contributed by atoms with van der Waals surface area (Å²) in [5.74, 6) is -0.102. The highest BCUT2D eigenvalue weighted by atomic mass is 16.2. The molecule has 0 radical (unpaired) electrons. The molecule has 2 aliphatic heterocycles. The molecule has 27 heavy (non-hydrogen) atoms. The summed E-state index contributed by atoms with van der Waals surface area (Å²) in [5.41, 5.74) is 3.06. The van der Waals surface area contributed by atoms with Crippen molar-refractivity contribution in [3.05, 3.63) is 71.3 Å².